The van der Waals surface area contributed by atoms with Crippen LogP contribution in [0.3, 0.4) is 0 Å². The van der Waals surface area contributed by atoms with Crippen molar-refractivity contribution in [2.45, 2.75) is 11.8 Å². The Bertz CT molecular complexity index is 803. The van der Waals surface area contributed by atoms with Gasteiger partial charge in [0.25, 0.3) is 5.91 Å². The lowest BCUT2D eigenvalue weighted by molar-refractivity contribution is -0.132. The molecule has 0 fully saturated rings. The standard InChI is InChI=1S/C18H21N3O4S/c1-12-13(8-9-25-12)18(24)19-10-17(23)21(2)11-16(22)20-14-6-4-5-7-15(14)26-3/h4-9H,10-11H2,1-3H3,(H,19,24)(H,20,22). The van der Waals surface area contributed by atoms with Gasteiger partial charge in [0.1, 0.15) is 5.76 Å². The van der Waals surface area contributed by atoms with E-state index in [2.05, 4.69) is 10.6 Å². The molecule has 2 aromatic rings. The van der Waals surface area contributed by atoms with Gasteiger partial charge in [-0.25, -0.2) is 0 Å². The molecule has 3 amide bonds. The highest BCUT2D eigenvalue weighted by atomic mass is 32.2. The van der Waals surface area contributed by atoms with Crippen LogP contribution in [0.4, 0.5) is 5.69 Å². The summed E-state index contributed by atoms with van der Waals surface area (Å²) in [6.07, 6.45) is 3.33. The predicted octanol–water partition coefficient (Wildman–Crippen LogP) is 2.14. The molecule has 0 saturated carbocycles. The van der Waals surface area contributed by atoms with Crippen LogP contribution in [0.2, 0.25) is 0 Å². The first kappa shape index (κ1) is 19.6. The number of hydrogen-bond donors (Lipinski definition) is 2. The number of thioether (sulfide) groups is 1. The Morgan fingerprint density at radius 2 is 1.92 bits per heavy atom. The summed E-state index contributed by atoms with van der Waals surface area (Å²) in [7, 11) is 1.51. The van der Waals surface area contributed by atoms with Gasteiger partial charge in [0, 0.05) is 11.9 Å². The quantitative estimate of drug-likeness (QED) is 0.724. The molecule has 0 saturated heterocycles. The maximum atomic E-state index is 12.2. The van der Waals surface area contributed by atoms with E-state index in [0.29, 0.717) is 17.0 Å². The van der Waals surface area contributed by atoms with Crippen LogP contribution in [0.5, 0.6) is 0 Å². The maximum Gasteiger partial charge on any atom is 0.255 e. The van der Waals surface area contributed by atoms with Gasteiger partial charge in [0.05, 0.1) is 30.6 Å². The molecule has 8 heteroatoms. The van der Waals surface area contributed by atoms with Crippen molar-refractivity contribution in [3.63, 3.8) is 0 Å². The van der Waals surface area contributed by atoms with Crippen molar-refractivity contribution in [2.75, 3.05) is 31.7 Å². The second kappa shape index (κ2) is 9.10. The van der Waals surface area contributed by atoms with Crippen LogP contribution in [0.15, 0.2) is 45.9 Å². The van der Waals surface area contributed by atoms with Crippen molar-refractivity contribution in [1.82, 2.24) is 10.2 Å². The van der Waals surface area contributed by atoms with E-state index in [1.165, 1.54) is 36.0 Å². The summed E-state index contributed by atoms with van der Waals surface area (Å²) in [5.41, 5.74) is 1.08. The lowest BCUT2D eigenvalue weighted by Gasteiger charge is -2.17. The SMILES string of the molecule is CSc1ccccc1NC(=O)CN(C)C(=O)CNC(=O)c1ccoc1C. The van der Waals surface area contributed by atoms with E-state index in [1.807, 2.05) is 24.5 Å². The molecule has 7 nitrogen and oxygen atoms in total. The minimum atomic E-state index is -0.392. The second-order valence-corrected chi connectivity index (χ2v) is 6.42. The van der Waals surface area contributed by atoms with Crippen molar-refractivity contribution in [2.24, 2.45) is 0 Å². The summed E-state index contributed by atoms with van der Waals surface area (Å²) in [6.45, 7) is 1.36. The number of nitrogens with zero attached hydrogens (tertiary/aromatic N) is 1. The van der Waals surface area contributed by atoms with E-state index in [9.17, 15) is 14.4 Å². The number of para-hydroxylation sites is 1. The number of benzene rings is 1. The van der Waals surface area contributed by atoms with E-state index in [0.717, 1.165) is 4.90 Å². The van der Waals surface area contributed by atoms with Crippen LogP contribution in [-0.2, 0) is 9.59 Å². The Kier molecular flexibility index (Phi) is 6.85. The molecule has 0 atom stereocenters. The zero-order chi connectivity index (χ0) is 19.1. The molecule has 138 valence electrons. The van der Waals surface area contributed by atoms with E-state index < -0.39 is 5.91 Å². The monoisotopic (exact) mass is 375 g/mol. The van der Waals surface area contributed by atoms with Crippen molar-refractivity contribution in [1.29, 1.82) is 0 Å². The zero-order valence-electron chi connectivity index (χ0n) is 14.9. The summed E-state index contributed by atoms with van der Waals surface area (Å²) >= 11 is 1.52. The molecular weight excluding hydrogens is 354 g/mol. The normalized spacial score (nSPS) is 10.3. The van der Waals surface area contributed by atoms with E-state index in [1.54, 1.807) is 13.0 Å². The molecule has 0 aliphatic heterocycles. The first-order chi connectivity index (χ1) is 12.4. The van der Waals surface area contributed by atoms with Gasteiger partial charge in [-0.3, -0.25) is 14.4 Å². The number of rotatable bonds is 7. The van der Waals surface area contributed by atoms with Crippen LogP contribution in [0, 0.1) is 6.92 Å². The van der Waals surface area contributed by atoms with Crippen molar-refractivity contribution in [3.05, 3.63) is 47.9 Å². The number of nitrogens with one attached hydrogen (secondary N) is 2. The first-order valence-electron chi connectivity index (χ1n) is 7.91. The molecule has 2 N–H and O–H groups in total. The Morgan fingerprint density at radius 3 is 2.58 bits per heavy atom. The predicted molar refractivity (Wildman–Crippen MR) is 100 cm³/mol. The fourth-order valence-electron chi connectivity index (χ4n) is 2.25. The number of carbonyl (C=O) groups is 3. The average molecular weight is 375 g/mol. The maximum absolute atomic E-state index is 12.2. The molecular formula is C18H21N3O4S. The van der Waals surface area contributed by atoms with Crippen LogP contribution in [0.1, 0.15) is 16.1 Å². The highest BCUT2D eigenvalue weighted by molar-refractivity contribution is 7.98. The lowest BCUT2D eigenvalue weighted by atomic mass is 10.2. The highest BCUT2D eigenvalue weighted by Gasteiger charge is 2.17. The highest BCUT2D eigenvalue weighted by Crippen LogP contribution is 2.24. The third-order valence-electron chi connectivity index (χ3n) is 3.69. The average Bonchev–Trinajstić information content (AvgIpc) is 3.05. The molecule has 0 aliphatic carbocycles. The number of anilines is 1. The van der Waals surface area contributed by atoms with Gasteiger partial charge in [0.2, 0.25) is 11.8 Å². The van der Waals surface area contributed by atoms with Gasteiger partial charge in [-0.15, -0.1) is 11.8 Å². The van der Waals surface area contributed by atoms with Gasteiger partial charge in [-0.2, -0.15) is 0 Å². The van der Waals surface area contributed by atoms with Crippen LogP contribution < -0.4 is 10.6 Å². The largest absolute Gasteiger partial charge is 0.469 e. The first-order valence-corrected chi connectivity index (χ1v) is 9.14. The number of aryl methyl sites for hydroxylation is 1. The Balaban J connectivity index is 1.83. The molecule has 0 bridgehead atoms. The Hall–Kier alpha value is -2.74. The number of likely N-dealkylation sites (N-methyl/N-ethyl adjacent to an activating group) is 1. The van der Waals surface area contributed by atoms with Crippen molar-refractivity contribution in [3.8, 4) is 0 Å². The molecule has 2 rings (SSSR count). The Labute approximate surface area is 156 Å². The zero-order valence-corrected chi connectivity index (χ0v) is 15.7. The Morgan fingerprint density at radius 1 is 1.19 bits per heavy atom. The number of amides is 3. The van der Waals surface area contributed by atoms with E-state index in [-0.39, 0.29) is 24.9 Å². The minimum absolute atomic E-state index is 0.109. The number of carbonyl (C=O) groups excluding carboxylic acids is 3. The summed E-state index contributed by atoms with van der Waals surface area (Å²) in [4.78, 5) is 38.4. The topological polar surface area (TPSA) is 91.7 Å². The smallest absolute Gasteiger partial charge is 0.255 e. The van der Waals surface area contributed by atoms with Gasteiger partial charge in [-0.05, 0) is 31.4 Å². The van der Waals surface area contributed by atoms with E-state index >= 15 is 0 Å². The van der Waals surface area contributed by atoms with Crippen LogP contribution >= 0.6 is 11.8 Å². The molecule has 26 heavy (non-hydrogen) atoms. The number of hydrogen-bond acceptors (Lipinski definition) is 5. The molecule has 0 unspecified atom stereocenters. The van der Waals surface area contributed by atoms with Gasteiger partial charge >= 0.3 is 0 Å². The minimum Gasteiger partial charge on any atom is -0.469 e. The van der Waals surface area contributed by atoms with E-state index in [4.69, 9.17) is 4.42 Å². The van der Waals surface area contributed by atoms with Crippen molar-refractivity contribution < 1.29 is 18.8 Å². The summed E-state index contributed by atoms with van der Waals surface area (Å²) in [5, 5.41) is 5.31. The molecule has 1 heterocycles. The van der Waals surface area contributed by atoms with Crippen LogP contribution in [0.25, 0.3) is 0 Å². The van der Waals surface area contributed by atoms with Crippen LogP contribution in [-0.4, -0.2) is 49.0 Å². The molecule has 0 spiro atoms. The summed E-state index contributed by atoms with van der Waals surface area (Å²) < 4.78 is 5.06. The third kappa shape index (κ3) is 5.13. The van der Waals surface area contributed by atoms with Gasteiger partial charge < -0.3 is 20.0 Å². The second-order valence-electron chi connectivity index (χ2n) is 5.57. The molecule has 1 aromatic heterocycles. The van der Waals surface area contributed by atoms with Gasteiger partial charge in [-0.1, -0.05) is 12.1 Å². The van der Waals surface area contributed by atoms with Gasteiger partial charge in [0.15, 0.2) is 0 Å². The third-order valence-corrected chi connectivity index (χ3v) is 4.49. The molecule has 1 aromatic carbocycles. The molecule has 0 radical (unpaired) electrons. The lowest BCUT2D eigenvalue weighted by Crippen LogP contribution is -2.41. The summed E-state index contributed by atoms with van der Waals surface area (Å²) in [5.74, 6) is -0.585. The summed E-state index contributed by atoms with van der Waals surface area (Å²) in [6, 6.07) is 8.97. The molecule has 0 aliphatic rings. The number of furan rings is 1. The van der Waals surface area contributed by atoms with Crippen molar-refractivity contribution >= 4 is 35.2 Å². The fourth-order valence-corrected chi connectivity index (χ4v) is 2.80. The fraction of sp³-hybridized carbons (Fsp3) is 0.278.